The van der Waals surface area contributed by atoms with Gasteiger partial charge in [-0.05, 0) is 25.0 Å². The molecule has 2 rings (SSSR count). The lowest BCUT2D eigenvalue weighted by atomic mass is 10.2. The Labute approximate surface area is 116 Å². The van der Waals surface area contributed by atoms with Crippen molar-refractivity contribution in [2.75, 3.05) is 5.75 Å². The lowest BCUT2D eigenvalue weighted by Gasteiger charge is -2.12. The van der Waals surface area contributed by atoms with E-state index in [0.29, 0.717) is 10.9 Å². The number of rotatable bonds is 5. The lowest BCUT2D eigenvalue weighted by molar-refractivity contribution is -0.119. The Bertz CT molecular complexity index is 470. The molecule has 0 aliphatic heterocycles. The van der Waals surface area contributed by atoms with E-state index in [-0.39, 0.29) is 17.2 Å². The standard InChI is InChI=1S/C14H17NO3S/c16-13(15-10-5-1-2-6-10)9-19-12-8-4-3-7-11(12)14(17)18/h3-4,7-8,10H,1-2,5-6,9H2,(H,15,16)(H,17,18). The highest BCUT2D eigenvalue weighted by Gasteiger charge is 2.17. The smallest absolute Gasteiger partial charge is 0.336 e. The summed E-state index contributed by atoms with van der Waals surface area (Å²) in [6.45, 7) is 0. The van der Waals surface area contributed by atoms with Crippen molar-refractivity contribution in [3.8, 4) is 0 Å². The maximum atomic E-state index is 11.8. The number of carbonyl (C=O) groups excluding carboxylic acids is 1. The van der Waals surface area contributed by atoms with Crippen molar-refractivity contribution >= 4 is 23.6 Å². The molecule has 1 aliphatic carbocycles. The van der Waals surface area contributed by atoms with E-state index in [4.69, 9.17) is 5.11 Å². The zero-order chi connectivity index (χ0) is 13.7. The fourth-order valence-corrected chi connectivity index (χ4v) is 3.11. The molecule has 0 radical (unpaired) electrons. The molecule has 19 heavy (non-hydrogen) atoms. The van der Waals surface area contributed by atoms with Crippen LogP contribution in [0, 0.1) is 0 Å². The van der Waals surface area contributed by atoms with Crippen LogP contribution in [0.2, 0.25) is 0 Å². The molecule has 2 N–H and O–H groups in total. The molecule has 1 saturated carbocycles. The summed E-state index contributed by atoms with van der Waals surface area (Å²) in [4.78, 5) is 23.4. The van der Waals surface area contributed by atoms with Gasteiger partial charge >= 0.3 is 5.97 Å². The van der Waals surface area contributed by atoms with Crippen LogP contribution in [0.25, 0.3) is 0 Å². The van der Waals surface area contributed by atoms with Crippen molar-refractivity contribution < 1.29 is 14.7 Å². The number of carboxylic acids is 1. The van der Waals surface area contributed by atoms with Crippen molar-refractivity contribution in [1.82, 2.24) is 5.32 Å². The molecule has 0 atom stereocenters. The Hall–Kier alpha value is -1.49. The van der Waals surface area contributed by atoms with Gasteiger partial charge in [0.15, 0.2) is 0 Å². The minimum Gasteiger partial charge on any atom is -0.478 e. The molecule has 0 saturated heterocycles. The number of aromatic carboxylic acids is 1. The molecule has 0 spiro atoms. The highest BCUT2D eigenvalue weighted by molar-refractivity contribution is 8.00. The number of benzene rings is 1. The first-order valence-electron chi connectivity index (χ1n) is 6.41. The molecular weight excluding hydrogens is 262 g/mol. The molecule has 102 valence electrons. The van der Waals surface area contributed by atoms with Gasteiger partial charge in [-0.15, -0.1) is 11.8 Å². The fraction of sp³-hybridized carbons (Fsp3) is 0.429. The average molecular weight is 279 g/mol. The molecular formula is C14H17NO3S. The van der Waals surface area contributed by atoms with Crippen LogP contribution in [0.15, 0.2) is 29.2 Å². The molecule has 0 bridgehead atoms. The number of carbonyl (C=O) groups is 2. The Morgan fingerprint density at radius 1 is 1.26 bits per heavy atom. The molecule has 0 heterocycles. The molecule has 0 aromatic heterocycles. The summed E-state index contributed by atoms with van der Waals surface area (Å²) in [5.74, 6) is -0.711. The van der Waals surface area contributed by atoms with Crippen molar-refractivity contribution in [2.24, 2.45) is 0 Å². The predicted molar refractivity (Wildman–Crippen MR) is 74.5 cm³/mol. The Morgan fingerprint density at radius 2 is 1.95 bits per heavy atom. The second kappa shape index (κ2) is 6.61. The van der Waals surface area contributed by atoms with Gasteiger partial charge in [-0.1, -0.05) is 25.0 Å². The molecule has 0 unspecified atom stereocenters. The van der Waals surface area contributed by atoms with Gasteiger partial charge in [0.25, 0.3) is 0 Å². The highest BCUT2D eigenvalue weighted by atomic mass is 32.2. The number of carboxylic acid groups (broad SMARTS) is 1. The van der Waals surface area contributed by atoms with Crippen LogP contribution in [-0.2, 0) is 4.79 Å². The van der Waals surface area contributed by atoms with E-state index >= 15 is 0 Å². The maximum absolute atomic E-state index is 11.8. The van der Waals surface area contributed by atoms with Gasteiger partial charge in [0, 0.05) is 10.9 Å². The van der Waals surface area contributed by atoms with E-state index in [1.807, 2.05) is 0 Å². The molecule has 1 aromatic rings. The van der Waals surface area contributed by atoms with E-state index in [9.17, 15) is 9.59 Å². The predicted octanol–water partition coefficient (Wildman–Crippen LogP) is 2.54. The van der Waals surface area contributed by atoms with Crippen molar-refractivity contribution in [2.45, 2.75) is 36.6 Å². The van der Waals surface area contributed by atoms with E-state index in [1.54, 1.807) is 24.3 Å². The largest absolute Gasteiger partial charge is 0.478 e. The summed E-state index contributed by atoms with van der Waals surface area (Å²) in [6.07, 6.45) is 4.48. The number of hydrogen-bond donors (Lipinski definition) is 2. The SMILES string of the molecule is O=C(CSc1ccccc1C(=O)O)NC1CCCC1. The Morgan fingerprint density at radius 3 is 2.63 bits per heavy atom. The first-order chi connectivity index (χ1) is 9.16. The third-order valence-electron chi connectivity index (χ3n) is 3.20. The van der Waals surface area contributed by atoms with Crippen molar-refractivity contribution in [3.05, 3.63) is 29.8 Å². The normalized spacial score (nSPS) is 15.4. The van der Waals surface area contributed by atoms with Crippen LogP contribution >= 0.6 is 11.8 Å². The molecule has 1 amide bonds. The average Bonchev–Trinajstić information content (AvgIpc) is 2.89. The molecule has 1 fully saturated rings. The van der Waals surface area contributed by atoms with Gasteiger partial charge < -0.3 is 10.4 Å². The van der Waals surface area contributed by atoms with Gasteiger partial charge in [0.1, 0.15) is 0 Å². The summed E-state index contributed by atoms with van der Waals surface area (Å²) >= 11 is 1.27. The van der Waals surface area contributed by atoms with Gasteiger partial charge in [-0.2, -0.15) is 0 Å². The van der Waals surface area contributed by atoms with Crippen molar-refractivity contribution in [3.63, 3.8) is 0 Å². The van der Waals surface area contributed by atoms with Gasteiger partial charge in [0.2, 0.25) is 5.91 Å². The summed E-state index contributed by atoms with van der Waals surface area (Å²) < 4.78 is 0. The fourth-order valence-electron chi connectivity index (χ4n) is 2.25. The third kappa shape index (κ3) is 3.99. The van der Waals surface area contributed by atoms with Crippen molar-refractivity contribution in [1.29, 1.82) is 0 Å². The molecule has 5 heteroatoms. The van der Waals surface area contributed by atoms with Crippen LogP contribution in [-0.4, -0.2) is 28.8 Å². The Kier molecular flexibility index (Phi) is 4.85. The van der Waals surface area contributed by atoms with Crippen LogP contribution in [0.4, 0.5) is 0 Å². The molecule has 1 aromatic carbocycles. The van der Waals surface area contributed by atoms with Crippen LogP contribution in [0.1, 0.15) is 36.0 Å². The van der Waals surface area contributed by atoms with E-state index in [2.05, 4.69) is 5.32 Å². The summed E-state index contributed by atoms with van der Waals surface area (Å²) in [5, 5.41) is 12.0. The van der Waals surface area contributed by atoms with Crippen LogP contribution in [0.5, 0.6) is 0 Å². The van der Waals surface area contributed by atoms with E-state index < -0.39 is 5.97 Å². The van der Waals surface area contributed by atoms with Crippen LogP contribution < -0.4 is 5.32 Å². The minimum atomic E-state index is -0.959. The van der Waals surface area contributed by atoms with Gasteiger partial charge in [0.05, 0.1) is 11.3 Å². The zero-order valence-electron chi connectivity index (χ0n) is 10.6. The number of thioether (sulfide) groups is 1. The topological polar surface area (TPSA) is 66.4 Å². The zero-order valence-corrected chi connectivity index (χ0v) is 11.4. The van der Waals surface area contributed by atoms with Gasteiger partial charge in [-0.25, -0.2) is 4.79 Å². The highest BCUT2D eigenvalue weighted by Crippen LogP contribution is 2.23. The Balaban J connectivity index is 1.87. The first kappa shape index (κ1) is 13.9. The number of amides is 1. The molecule has 4 nitrogen and oxygen atoms in total. The minimum absolute atomic E-state index is 0.0166. The third-order valence-corrected chi connectivity index (χ3v) is 4.27. The van der Waals surface area contributed by atoms with E-state index in [0.717, 1.165) is 12.8 Å². The van der Waals surface area contributed by atoms with Crippen LogP contribution in [0.3, 0.4) is 0 Å². The number of hydrogen-bond acceptors (Lipinski definition) is 3. The summed E-state index contributed by atoms with van der Waals surface area (Å²) in [5.41, 5.74) is 0.251. The van der Waals surface area contributed by atoms with E-state index in [1.165, 1.54) is 24.6 Å². The quantitative estimate of drug-likeness (QED) is 0.813. The molecule has 1 aliphatic rings. The second-order valence-electron chi connectivity index (χ2n) is 4.64. The second-order valence-corrected chi connectivity index (χ2v) is 5.66. The summed E-state index contributed by atoms with van der Waals surface area (Å²) in [6, 6.07) is 7.06. The monoisotopic (exact) mass is 279 g/mol. The van der Waals surface area contributed by atoms with Gasteiger partial charge in [-0.3, -0.25) is 4.79 Å². The number of nitrogens with one attached hydrogen (secondary N) is 1. The first-order valence-corrected chi connectivity index (χ1v) is 7.40. The lowest BCUT2D eigenvalue weighted by Crippen LogP contribution is -2.33. The maximum Gasteiger partial charge on any atom is 0.336 e. The summed E-state index contributed by atoms with van der Waals surface area (Å²) in [7, 11) is 0.